The van der Waals surface area contributed by atoms with Gasteiger partial charge < -0.3 is 19.5 Å². The second-order valence-corrected chi connectivity index (χ2v) is 10.8. The largest absolute Gasteiger partial charge is 0.494 e. The van der Waals surface area contributed by atoms with Crippen molar-refractivity contribution in [1.82, 2.24) is 5.32 Å². The molecule has 7 heteroatoms. The van der Waals surface area contributed by atoms with Gasteiger partial charge in [-0.15, -0.1) is 0 Å². The third-order valence-electron chi connectivity index (χ3n) is 6.59. The summed E-state index contributed by atoms with van der Waals surface area (Å²) in [5, 5.41) is 3.14. The summed E-state index contributed by atoms with van der Waals surface area (Å²) in [6.45, 7) is 10.1. The van der Waals surface area contributed by atoms with Gasteiger partial charge in [0.2, 0.25) is 5.91 Å². The smallest absolute Gasteiger partial charge is 0.309 e. The van der Waals surface area contributed by atoms with Gasteiger partial charge in [-0.2, -0.15) is 0 Å². The SMILES string of the molecule is CCC[C@H](CC1(C(=O)N[C@H](CCOc2ccccc2)CC(=O)OCC)CCCC1)C(=O)OC(C)(C)C. The van der Waals surface area contributed by atoms with E-state index in [1.807, 2.05) is 58.0 Å². The quantitative estimate of drug-likeness (QED) is 0.332. The summed E-state index contributed by atoms with van der Waals surface area (Å²) in [6.07, 6.45) is 5.89. The first-order valence-electron chi connectivity index (χ1n) is 13.5. The van der Waals surface area contributed by atoms with E-state index in [0.29, 0.717) is 32.5 Å². The van der Waals surface area contributed by atoms with E-state index in [4.69, 9.17) is 14.2 Å². The molecular weight excluding hydrogens is 458 g/mol. The van der Waals surface area contributed by atoms with Crippen molar-refractivity contribution >= 4 is 17.8 Å². The summed E-state index contributed by atoms with van der Waals surface area (Å²) < 4.78 is 16.7. The molecule has 0 aliphatic heterocycles. The minimum absolute atomic E-state index is 0.0816. The van der Waals surface area contributed by atoms with Crippen LogP contribution in [0.5, 0.6) is 5.75 Å². The van der Waals surface area contributed by atoms with E-state index in [1.54, 1.807) is 6.92 Å². The Morgan fingerprint density at radius 3 is 2.28 bits per heavy atom. The number of amides is 1. The summed E-state index contributed by atoms with van der Waals surface area (Å²) in [7, 11) is 0. The number of hydrogen-bond acceptors (Lipinski definition) is 6. The number of ether oxygens (including phenoxy) is 3. The van der Waals surface area contributed by atoms with Gasteiger partial charge in [-0.3, -0.25) is 14.4 Å². The maximum absolute atomic E-state index is 13.7. The van der Waals surface area contributed by atoms with Crippen LogP contribution < -0.4 is 10.1 Å². The molecule has 0 bridgehead atoms. The second kappa shape index (κ2) is 14.2. The van der Waals surface area contributed by atoms with E-state index in [9.17, 15) is 14.4 Å². The number of rotatable bonds is 14. The fourth-order valence-electron chi connectivity index (χ4n) is 4.90. The van der Waals surface area contributed by atoms with E-state index in [2.05, 4.69) is 5.32 Å². The Labute approximate surface area is 216 Å². The zero-order valence-electron chi connectivity index (χ0n) is 22.8. The molecule has 0 heterocycles. The first-order chi connectivity index (χ1) is 17.1. The molecule has 2 atom stereocenters. The molecule has 0 unspecified atom stereocenters. The lowest BCUT2D eigenvalue weighted by Gasteiger charge is -2.34. The molecular formula is C29H45NO6. The van der Waals surface area contributed by atoms with Gasteiger partial charge >= 0.3 is 11.9 Å². The van der Waals surface area contributed by atoms with Crippen molar-refractivity contribution in [2.75, 3.05) is 13.2 Å². The maximum Gasteiger partial charge on any atom is 0.309 e. The lowest BCUT2D eigenvalue weighted by Crippen LogP contribution is -2.47. The summed E-state index contributed by atoms with van der Waals surface area (Å²) in [5.41, 5.74) is -1.21. The van der Waals surface area contributed by atoms with Gasteiger partial charge in [0, 0.05) is 12.5 Å². The highest BCUT2D eigenvalue weighted by Crippen LogP contribution is 2.45. The second-order valence-electron chi connectivity index (χ2n) is 10.8. The van der Waals surface area contributed by atoms with Gasteiger partial charge in [0.25, 0.3) is 0 Å². The Bertz CT molecular complexity index is 826. The molecule has 0 saturated heterocycles. The zero-order chi connectivity index (χ0) is 26.6. The molecule has 0 radical (unpaired) electrons. The number of para-hydroxylation sites is 1. The summed E-state index contributed by atoms with van der Waals surface area (Å²) in [4.78, 5) is 39.0. The van der Waals surface area contributed by atoms with Crippen LogP contribution in [0.25, 0.3) is 0 Å². The summed E-state index contributed by atoms with van der Waals surface area (Å²) >= 11 is 0. The van der Waals surface area contributed by atoms with Crippen molar-refractivity contribution in [3.05, 3.63) is 30.3 Å². The average Bonchev–Trinajstić information content (AvgIpc) is 3.28. The highest BCUT2D eigenvalue weighted by molar-refractivity contribution is 5.85. The number of nitrogens with one attached hydrogen (secondary N) is 1. The van der Waals surface area contributed by atoms with Crippen LogP contribution >= 0.6 is 0 Å². The van der Waals surface area contributed by atoms with Crippen molar-refractivity contribution in [1.29, 1.82) is 0 Å². The molecule has 1 aliphatic rings. The van der Waals surface area contributed by atoms with Gasteiger partial charge in [0.1, 0.15) is 11.4 Å². The zero-order valence-corrected chi connectivity index (χ0v) is 22.8. The number of esters is 2. The average molecular weight is 504 g/mol. The molecule has 1 N–H and O–H groups in total. The van der Waals surface area contributed by atoms with Crippen molar-refractivity contribution in [3.8, 4) is 5.75 Å². The van der Waals surface area contributed by atoms with Crippen LogP contribution in [0.3, 0.4) is 0 Å². The molecule has 1 aromatic carbocycles. The number of carbonyl (C=O) groups excluding carboxylic acids is 3. The van der Waals surface area contributed by atoms with Gasteiger partial charge in [-0.25, -0.2) is 0 Å². The molecule has 1 amide bonds. The molecule has 36 heavy (non-hydrogen) atoms. The van der Waals surface area contributed by atoms with Crippen LogP contribution in [-0.4, -0.2) is 42.7 Å². The minimum Gasteiger partial charge on any atom is -0.494 e. The molecule has 7 nitrogen and oxygen atoms in total. The Balaban J connectivity index is 2.12. The molecule has 1 saturated carbocycles. The normalized spacial score (nSPS) is 16.6. The highest BCUT2D eigenvalue weighted by Gasteiger charge is 2.45. The predicted molar refractivity (Wildman–Crippen MR) is 139 cm³/mol. The molecule has 0 aromatic heterocycles. The molecule has 2 rings (SSSR count). The molecule has 1 aliphatic carbocycles. The monoisotopic (exact) mass is 503 g/mol. The lowest BCUT2D eigenvalue weighted by atomic mass is 9.75. The van der Waals surface area contributed by atoms with Crippen LogP contribution in [0.4, 0.5) is 0 Å². The lowest BCUT2D eigenvalue weighted by molar-refractivity contribution is -0.162. The van der Waals surface area contributed by atoms with Gasteiger partial charge in [-0.1, -0.05) is 44.4 Å². The van der Waals surface area contributed by atoms with Gasteiger partial charge in [0.05, 0.1) is 31.0 Å². The maximum atomic E-state index is 13.7. The fourth-order valence-corrected chi connectivity index (χ4v) is 4.90. The van der Waals surface area contributed by atoms with Crippen molar-refractivity contribution in [2.45, 2.75) is 104 Å². The van der Waals surface area contributed by atoms with Crippen LogP contribution in [0.1, 0.15) is 92.4 Å². The van der Waals surface area contributed by atoms with Crippen LogP contribution in [0.2, 0.25) is 0 Å². The van der Waals surface area contributed by atoms with E-state index in [0.717, 1.165) is 37.9 Å². The topological polar surface area (TPSA) is 90.9 Å². The third-order valence-corrected chi connectivity index (χ3v) is 6.59. The standard InChI is InChI=1S/C29H45NO6/c1-6-13-22(26(32)36-28(3,4)5)21-29(17-11-12-18-29)27(33)30-23(20-25(31)34-7-2)16-19-35-24-14-9-8-10-15-24/h8-10,14-15,22-23H,6-7,11-13,16-21H2,1-5H3,(H,30,33)/t22-,23-/m1/s1. The summed E-state index contributed by atoms with van der Waals surface area (Å²) in [5.74, 6) is -0.254. The Hall–Kier alpha value is -2.57. The first-order valence-corrected chi connectivity index (χ1v) is 13.5. The highest BCUT2D eigenvalue weighted by atomic mass is 16.6. The third kappa shape index (κ3) is 9.82. The Morgan fingerprint density at radius 2 is 1.69 bits per heavy atom. The number of carbonyl (C=O) groups is 3. The number of benzene rings is 1. The van der Waals surface area contributed by atoms with Crippen LogP contribution in [0, 0.1) is 11.3 Å². The van der Waals surface area contributed by atoms with Crippen LogP contribution in [-0.2, 0) is 23.9 Å². The van der Waals surface area contributed by atoms with E-state index in [1.165, 1.54) is 0 Å². The molecule has 0 spiro atoms. The van der Waals surface area contributed by atoms with Gasteiger partial charge in [0.15, 0.2) is 0 Å². The predicted octanol–water partition coefficient (Wildman–Crippen LogP) is 5.60. The van der Waals surface area contributed by atoms with Crippen LogP contribution in [0.15, 0.2) is 30.3 Å². The molecule has 1 fully saturated rings. The Morgan fingerprint density at radius 1 is 1.03 bits per heavy atom. The fraction of sp³-hybridized carbons (Fsp3) is 0.690. The van der Waals surface area contributed by atoms with Crippen molar-refractivity contribution < 1.29 is 28.6 Å². The minimum atomic E-state index is -0.635. The molecule has 1 aromatic rings. The van der Waals surface area contributed by atoms with E-state index >= 15 is 0 Å². The van der Waals surface area contributed by atoms with Crippen molar-refractivity contribution in [3.63, 3.8) is 0 Å². The summed E-state index contributed by atoms with van der Waals surface area (Å²) in [6, 6.07) is 9.04. The van der Waals surface area contributed by atoms with Gasteiger partial charge in [-0.05, 0) is 65.5 Å². The van der Waals surface area contributed by atoms with E-state index in [-0.39, 0.29) is 30.2 Å². The Kier molecular flexibility index (Phi) is 11.7. The first kappa shape index (κ1) is 29.7. The van der Waals surface area contributed by atoms with E-state index < -0.39 is 17.1 Å². The van der Waals surface area contributed by atoms with Crippen molar-refractivity contribution in [2.24, 2.45) is 11.3 Å². The number of hydrogen-bond donors (Lipinski definition) is 1. The molecule has 202 valence electrons.